The number of piperazine rings is 1. The largest absolute Gasteiger partial charge is 0.353 e. The Bertz CT molecular complexity index is 537. The molecule has 23 heavy (non-hydrogen) atoms. The van der Waals surface area contributed by atoms with E-state index >= 15 is 0 Å². The first kappa shape index (κ1) is 17.9. The zero-order valence-corrected chi connectivity index (χ0v) is 15.3. The van der Waals surface area contributed by atoms with E-state index in [0.717, 1.165) is 23.1 Å². The average molecular weight is 382 g/mol. The average Bonchev–Trinajstić information content (AvgIpc) is 2.49. The summed E-state index contributed by atoms with van der Waals surface area (Å²) in [6.07, 6.45) is 0.432. The lowest BCUT2D eigenvalue weighted by Gasteiger charge is -2.34. The second-order valence-electron chi connectivity index (χ2n) is 6.18. The van der Waals surface area contributed by atoms with E-state index in [-0.39, 0.29) is 17.9 Å². The summed E-state index contributed by atoms with van der Waals surface area (Å²) in [4.78, 5) is 28.1. The van der Waals surface area contributed by atoms with Crippen molar-refractivity contribution in [3.8, 4) is 0 Å². The lowest BCUT2D eigenvalue weighted by atomic mass is 10.1. The van der Waals surface area contributed by atoms with Crippen LogP contribution in [0, 0.1) is 0 Å². The van der Waals surface area contributed by atoms with E-state index in [4.69, 9.17) is 0 Å². The number of benzene rings is 1. The number of hydrogen-bond acceptors (Lipinski definition) is 3. The number of rotatable bonds is 5. The molecule has 0 unspecified atom stereocenters. The first-order valence-corrected chi connectivity index (χ1v) is 8.77. The fourth-order valence-corrected chi connectivity index (χ4v) is 2.88. The highest BCUT2D eigenvalue weighted by molar-refractivity contribution is 9.10. The summed E-state index contributed by atoms with van der Waals surface area (Å²) in [5.74, 6) is 0.202. The first-order chi connectivity index (χ1) is 10.9. The molecule has 0 spiro atoms. The monoisotopic (exact) mass is 381 g/mol. The normalized spacial score (nSPS) is 15.7. The Hall–Kier alpha value is -1.40. The van der Waals surface area contributed by atoms with Gasteiger partial charge in [0.1, 0.15) is 0 Å². The first-order valence-electron chi connectivity index (χ1n) is 7.98. The second kappa shape index (κ2) is 8.45. The van der Waals surface area contributed by atoms with Gasteiger partial charge in [-0.05, 0) is 31.5 Å². The van der Waals surface area contributed by atoms with E-state index in [1.165, 1.54) is 0 Å². The summed E-state index contributed by atoms with van der Waals surface area (Å²) < 4.78 is 1.02. The second-order valence-corrected chi connectivity index (χ2v) is 7.10. The standard InChI is InChI=1S/C17H24BrN3O2/c1-13(2)19-16(22)12-20-7-9-21(10-8-20)17(23)11-14-3-5-15(18)6-4-14/h3-6,13H,7-12H2,1-2H3,(H,19,22). The summed E-state index contributed by atoms with van der Waals surface area (Å²) in [6, 6.07) is 8.00. The van der Waals surface area contributed by atoms with Crippen molar-refractivity contribution < 1.29 is 9.59 Å². The number of halogens is 1. The molecule has 126 valence electrons. The maximum atomic E-state index is 12.3. The predicted octanol–water partition coefficient (Wildman–Crippen LogP) is 1.66. The van der Waals surface area contributed by atoms with Crippen molar-refractivity contribution in [2.24, 2.45) is 0 Å². The van der Waals surface area contributed by atoms with Crippen molar-refractivity contribution >= 4 is 27.7 Å². The molecule has 0 radical (unpaired) electrons. The van der Waals surface area contributed by atoms with Gasteiger partial charge in [0.15, 0.2) is 0 Å². The zero-order valence-electron chi connectivity index (χ0n) is 13.7. The summed E-state index contributed by atoms with van der Waals surface area (Å²) in [5.41, 5.74) is 1.02. The van der Waals surface area contributed by atoms with E-state index in [1.807, 2.05) is 43.0 Å². The third-order valence-corrected chi connectivity index (χ3v) is 4.34. The molecular formula is C17H24BrN3O2. The summed E-state index contributed by atoms with van der Waals surface area (Å²) in [5, 5.41) is 2.90. The third-order valence-electron chi connectivity index (χ3n) is 3.81. The highest BCUT2D eigenvalue weighted by Crippen LogP contribution is 2.12. The maximum Gasteiger partial charge on any atom is 0.234 e. The molecule has 5 nitrogen and oxygen atoms in total. The molecule has 1 N–H and O–H groups in total. The van der Waals surface area contributed by atoms with Gasteiger partial charge in [0.25, 0.3) is 0 Å². The molecule has 1 saturated heterocycles. The molecule has 1 aromatic carbocycles. The molecule has 6 heteroatoms. The number of nitrogens with one attached hydrogen (secondary N) is 1. The number of hydrogen-bond donors (Lipinski definition) is 1. The molecule has 0 saturated carbocycles. The molecular weight excluding hydrogens is 358 g/mol. The molecule has 0 aromatic heterocycles. The zero-order chi connectivity index (χ0) is 16.8. The van der Waals surface area contributed by atoms with Gasteiger partial charge in [-0.1, -0.05) is 28.1 Å². The molecule has 2 amide bonds. The SMILES string of the molecule is CC(C)NC(=O)CN1CCN(C(=O)Cc2ccc(Br)cc2)CC1. The lowest BCUT2D eigenvalue weighted by molar-refractivity contribution is -0.132. The van der Waals surface area contributed by atoms with Crippen molar-refractivity contribution in [1.29, 1.82) is 0 Å². The number of nitrogens with zero attached hydrogens (tertiary/aromatic N) is 2. The van der Waals surface area contributed by atoms with E-state index in [1.54, 1.807) is 0 Å². The van der Waals surface area contributed by atoms with Crippen molar-refractivity contribution in [2.45, 2.75) is 26.3 Å². The van der Waals surface area contributed by atoms with E-state index in [9.17, 15) is 9.59 Å². The minimum atomic E-state index is 0.0506. The molecule has 0 atom stereocenters. The van der Waals surface area contributed by atoms with Crippen LogP contribution < -0.4 is 5.32 Å². The quantitative estimate of drug-likeness (QED) is 0.843. The highest BCUT2D eigenvalue weighted by atomic mass is 79.9. The predicted molar refractivity (Wildman–Crippen MR) is 94.1 cm³/mol. The van der Waals surface area contributed by atoms with Gasteiger partial charge < -0.3 is 10.2 Å². The van der Waals surface area contributed by atoms with Crippen molar-refractivity contribution in [2.75, 3.05) is 32.7 Å². The Kier molecular flexibility index (Phi) is 6.59. The third kappa shape index (κ3) is 5.95. The van der Waals surface area contributed by atoms with E-state index < -0.39 is 0 Å². The molecule has 1 aliphatic rings. The van der Waals surface area contributed by atoms with Gasteiger partial charge >= 0.3 is 0 Å². The van der Waals surface area contributed by atoms with Crippen LogP contribution in [-0.4, -0.2) is 60.4 Å². The van der Waals surface area contributed by atoms with Gasteiger partial charge in [0.2, 0.25) is 11.8 Å². The van der Waals surface area contributed by atoms with Crippen molar-refractivity contribution in [3.63, 3.8) is 0 Å². The Morgan fingerprint density at radius 3 is 2.30 bits per heavy atom. The van der Waals surface area contributed by atoms with Crippen LogP contribution >= 0.6 is 15.9 Å². The van der Waals surface area contributed by atoms with Crippen LogP contribution in [-0.2, 0) is 16.0 Å². The van der Waals surface area contributed by atoms with Crippen molar-refractivity contribution in [3.05, 3.63) is 34.3 Å². The Morgan fingerprint density at radius 2 is 1.74 bits per heavy atom. The van der Waals surface area contributed by atoms with Gasteiger partial charge in [-0.15, -0.1) is 0 Å². The number of carbonyl (C=O) groups is 2. The topological polar surface area (TPSA) is 52.7 Å². The molecule has 1 fully saturated rings. The summed E-state index contributed by atoms with van der Waals surface area (Å²) >= 11 is 3.40. The molecule has 1 aromatic rings. The van der Waals surface area contributed by atoms with Gasteiger partial charge in [-0.3, -0.25) is 14.5 Å². The fraction of sp³-hybridized carbons (Fsp3) is 0.529. The van der Waals surface area contributed by atoms with Crippen LogP contribution in [0.25, 0.3) is 0 Å². The van der Waals surface area contributed by atoms with Crippen LogP contribution in [0.5, 0.6) is 0 Å². The van der Waals surface area contributed by atoms with Crippen LogP contribution in [0.4, 0.5) is 0 Å². The minimum Gasteiger partial charge on any atom is -0.353 e. The van der Waals surface area contributed by atoms with Crippen LogP contribution in [0.1, 0.15) is 19.4 Å². The van der Waals surface area contributed by atoms with E-state index in [0.29, 0.717) is 26.1 Å². The maximum absolute atomic E-state index is 12.3. The van der Waals surface area contributed by atoms with E-state index in [2.05, 4.69) is 26.1 Å². The molecule has 0 bridgehead atoms. The van der Waals surface area contributed by atoms with Crippen LogP contribution in [0.3, 0.4) is 0 Å². The van der Waals surface area contributed by atoms with Gasteiger partial charge in [-0.2, -0.15) is 0 Å². The van der Waals surface area contributed by atoms with Crippen LogP contribution in [0.15, 0.2) is 28.7 Å². The molecule has 0 aliphatic carbocycles. The highest BCUT2D eigenvalue weighted by Gasteiger charge is 2.22. The van der Waals surface area contributed by atoms with Gasteiger partial charge in [0.05, 0.1) is 13.0 Å². The molecule has 2 rings (SSSR count). The summed E-state index contributed by atoms with van der Waals surface area (Å²) in [6.45, 7) is 7.18. The smallest absolute Gasteiger partial charge is 0.234 e. The number of carbonyl (C=O) groups excluding carboxylic acids is 2. The Labute approximate surface area is 146 Å². The Balaban J connectivity index is 1.76. The number of amides is 2. The van der Waals surface area contributed by atoms with Gasteiger partial charge in [-0.25, -0.2) is 0 Å². The minimum absolute atomic E-state index is 0.0506. The van der Waals surface area contributed by atoms with Gasteiger partial charge in [0, 0.05) is 36.7 Å². The fourth-order valence-electron chi connectivity index (χ4n) is 2.61. The molecule has 1 aliphatic heterocycles. The van der Waals surface area contributed by atoms with Crippen LogP contribution in [0.2, 0.25) is 0 Å². The summed E-state index contributed by atoms with van der Waals surface area (Å²) in [7, 11) is 0. The lowest BCUT2D eigenvalue weighted by Crippen LogP contribution is -2.51. The van der Waals surface area contributed by atoms with Crippen molar-refractivity contribution in [1.82, 2.24) is 15.1 Å². The Morgan fingerprint density at radius 1 is 1.13 bits per heavy atom. The molecule has 1 heterocycles.